The van der Waals surface area contributed by atoms with Crippen molar-refractivity contribution in [2.45, 2.75) is 6.42 Å². The molecule has 0 aliphatic heterocycles. The molecule has 5 heteroatoms. The molecule has 0 aliphatic rings. The Morgan fingerprint density at radius 3 is 2.25 bits per heavy atom. The summed E-state index contributed by atoms with van der Waals surface area (Å²) in [6.07, 6.45) is 0.430. The normalized spacial score (nSPS) is 11.8. The van der Waals surface area contributed by atoms with Gasteiger partial charge in [-0.15, -0.1) is 0 Å². The van der Waals surface area contributed by atoms with Crippen molar-refractivity contribution < 1.29 is 13.0 Å². The molecule has 0 amide bonds. The molecule has 0 fully saturated rings. The highest BCUT2D eigenvalue weighted by Gasteiger charge is 1.97. The van der Waals surface area contributed by atoms with Gasteiger partial charge in [-0.25, -0.2) is 0 Å². The molecule has 0 aromatic carbocycles. The van der Waals surface area contributed by atoms with Crippen molar-refractivity contribution in [3.8, 4) is 0 Å². The molecular formula is C3H8NO3S. The molecule has 0 rings (SSSR count). The maximum absolute atomic E-state index is 9.81. The van der Waals surface area contributed by atoms with Crippen molar-refractivity contribution in [1.82, 2.24) is 4.72 Å². The van der Waals surface area contributed by atoms with Crippen LogP contribution < -0.4 is 4.72 Å². The number of hydrogen-bond donors (Lipinski definition) is 2. The van der Waals surface area contributed by atoms with E-state index in [1.54, 1.807) is 0 Å². The van der Waals surface area contributed by atoms with E-state index >= 15 is 0 Å². The highest BCUT2D eigenvalue weighted by molar-refractivity contribution is 7.83. The van der Waals surface area contributed by atoms with Gasteiger partial charge < -0.3 is 0 Å². The first-order valence-corrected chi connectivity index (χ1v) is 3.51. The van der Waals surface area contributed by atoms with E-state index in [1.807, 2.05) is 4.72 Å². The van der Waals surface area contributed by atoms with Crippen LogP contribution in [0, 0.1) is 6.92 Å². The van der Waals surface area contributed by atoms with E-state index in [1.165, 1.54) is 0 Å². The predicted molar refractivity (Wildman–Crippen MR) is 29.5 cm³/mol. The average molecular weight is 138 g/mol. The molecule has 0 heterocycles. The van der Waals surface area contributed by atoms with Crippen molar-refractivity contribution in [2.24, 2.45) is 0 Å². The van der Waals surface area contributed by atoms with Gasteiger partial charge in [0.2, 0.25) is 0 Å². The molecule has 0 saturated carbocycles. The first-order chi connectivity index (χ1) is 3.56. The average Bonchev–Trinajstić information content (AvgIpc) is 1.59. The number of nitrogens with one attached hydrogen (secondary N) is 1. The van der Waals surface area contributed by atoms with Gasteiger partial charge >= 0.3 is 10.3 Å². The standard InChI is InChI=1S/C3H8NO3S/c1-2-3-4-8(5,6)7/h4H,1-3H2,(H,5,6,7). The molecule has 0 aromatic heterocycles. The maximum Gasteiger partial charge on any atom is 0.333 e. The fraction of sp³-hybridized carbons (Fsp3) is 0.667. The lowest BCUT2D eigenvalue weighted by molar-refractivity contribution is 0.468. The van der Waals surface area contributed by atoms with Crippen LogP contribution in [0.5, 0.6) is 0 Å². The minimum Gasteiger partial charge on any atom is -0.273 e. The van der Waals surface area contributed by atoms with Gasteiger partial charge in [-0.1, -0.05) is 6.92 Å². The Balaban J connectivity index is 3.42. The summed E-state index contributed by atoms with van der Waals surface area (Å²) in [7, 11) is -3.98. The molecule has 0 aliphatic carbocycles. The van der Waals surface area contributed by atoms with Crippen LogP contribution in [-0.4, -0.2) is 19.5 Å². The molecule has 0 bridgehead atoms. The summed E-state index contributed by atoms with van der Waals surface area (Å²) in [5, 5.41) is 0. The molecule has 0 unspecified atom stereocenters. The van der Waals surface area contributed by atoms with Crippen molar-refractivity contribution in [2.75, 3.05) is 6.54 Å². The Kier molecular flexibility index (Phi) is 2.96. The Bertz CT molecular complexity index is 139. The first-order valence-electron chi connectivity index (χ1n) is 2.07. The third-order valence-electron chi connectivity index (χ3n) is 0.461. The second-order valence-corrected chi connectivity index (χ2v) is 2.46. The molecule has 1 radical (unpaired) electrons. The third kappa shape index (κ3) is 5.87. The smallest absolute Gasteiger partial charge is 0.273 e. The predicted octanol–water partition coefficient (Wildman–Crippen LogP) is -0.397. The van der Waals surface area contributed by atoms with Crippen LogP contribution in [0.25, 0.3) is 0 Å². The molecule has 0 aromatic rings. The minimum atomic E-state index is -3.98. The first kappa shape index (κ1) is 7.87. The van der Waals surface area contributed by atoms with Gasteiger partial charge in [0.05, 0.1) is 0 Å². The van der Waals surface area contributed by atoms with Gasteiger partial charge in [0, 0.05) is 6.54 Å². The summed E-state index contributed by atoms with van der Waals surface area (Å²) < 4.78 is 29.4. The zero-order chi connectivity index (χ0) is 6.62. The van der Waals surface area contributed by atoms with Crippen LogP contribution >= 0.6 is 0 Å². The monoisotopic (exact) mass is 138 g/mol. The maximum atomic E-state index is 9.81. The van der Waals surface area contributed by atoms with Gasteiger partial charge in [0.15, 0.2) is 0 Å². The van der Waals surface area contributed by atoms with Gasteiger partial charge in [0.25, 0.3) is 0 Å². The van der Waals surface area contributed by atoms with Crippen LogP contribution in [-0.2, 0) is 10.3 Å². The molecule has 0 spiro atoms. The molecule has 49 valence electrons. The van der Waals surface area contributed by atoms with Crippen LogP contribution in [0.15, 0.2) is 0 Å². The Morgan fingerprint density at radius 1 is 1.62 bits per heavy atom. The SMILES string of the molecule is [CH2]CCNS(=O)(=O)O. The van der Waals surface area contributed by atoms with Gasteiger partial charge in [-0.05, 0) is 6.42 Å². The molecule has 2 N–H and O–H groups in total. The zero-order valence-corrected chi connectivity index (χ0v) is 5.11. The largest absolute Gasteiger partial charge is 0.333 e. The highest BCUT2D eigenvalue weighted by Crippen LogP contribution is 1.73. The van der Waals surface area contributed by atoms with E-state index in [9.17, 15) is 8.42 Å². The van der Waals surface area contributed by atoms with E-state index in [0.29, 0.717) is 6.42 Å². The third-order valence-corrected chi connectivity index (χ3v) is 1.03. The van der Waals surface area contributed by atoms with E-state index < -0.39 is 10.3 Å². The van der Waals surface area contributed by atoms with Gasteiger partial charge in [-0.2, -0.15) is 13.1 Å². The lowest BCUT2D eigenvalue weighted by atomic mass is 10.5. The second kappa shape index (κ2) is 3.01. The molecular weight excluding hydrogens is 130 g/mol. The van der Waals surface area contributed by atoms with Crippen LogP contribution in [0.2, 0.25) is 0 Å². The minimum absolute atomic E-state index is 0.179. The van der Waals surface area contributed by atoms with Crippen molar-refractivity contribution in [3.63, 3.8) is 0 Å². The van der Waals surface area contributed by atoms with E-state index in [2.05, 4.69) is 6.92 Å². The fourth-order valence-corrected chi connectivity index (χ4v) is 0.603. The van der Waals surface area contributed by atoms with Gasteiger partial charge in [0.1, 0.15) is 0 Å². The van der Waals surface area contributed by atoms with E-state index in [-0.39, 0.29) is 6.54 Å². The van der Waals surface area contributed by atoms with E-state index in [0.717, 1.165) is 0 Å². The summed E-state index contributed by atoms with van der Waals surface area (Å²) in [6.45, 7) is 3.53. The van der Waals surface area contributed by atoms with Crippen molar-refractivity contribution in [1.29, 1.82) is 0 Å². The summed E-state index contributed by atoms with van der Waals surface area (Å²) >= 11 is 0. The van der Waals surface area contributed by atoms with Crippen LogP contribution in [0.4, 0.5) is 0 Å². The van der Waals surface area contributed by atoms with Crippen molar-refractivity contribution >= 4 is 10.3 Å². The Hall–Kier alpha value is -0.130. The highest BCUT2D eigenvalue weighted by atomic mass is 32.2. The lowest BCUT2D eigenvalue weighted by Crippen LogP contribution is -2.22. The number of hydrogen-bond acceptors (Lipinski definition) is 2. The molecule has 0 saturated heterocycles. The van der Waals surface area contributed by atoms with Gasteiger partial charge in [-0.3, -0.25) is 4.55 Å². The summed E-state index contributed by atoms with van der Waals surface area (Å²) in [6, 6.07) is 0. The van der Waals surface area contributed by atoms with Crippen molar-refractivity contribution in [3.05, 3.63) is 6.92 Å². The number of rotatable bonds is 3. The molecule has 4 nitrogen and oxygen atoms in total. The quantitative estimate of drug-likeness (QED) is 0.521. The summed E-state index contributed by atoms with van der Waals surface area (Å²) in [4.78, 5) is 0. The Morgan fingerprint density at radius 2 is 2.12 bits per heavy atom. The fourth-order valence-electron chi connectivity index (χ4n) is 0.201. The Labute approximate surface area is 48.8 Å². The summed E-state index contributed by atoms with van der Waals surface area (Å²) in [5.41, 5.74) is 0. The van der Waals surface area contributed by atoms with Crippen LogP contribution in [0.3, 0.4) is 0 Å². The lowest BCUT2D eigenvalue weighted by Gasteiger charge is -1.93. The molecule has 0 atom stereocenters. The van der Waals surface area contributed by atoms with Crippen LogP contribution in [0.1, 0.15) is 6.42 Å². The van der Waals surface area contributed by atoms with E-state index in [4.69, 9.17) is 4.55 Å². The summed E-state index contributed by atoms with van der Waals surface area (Å²) in [5.74, 6) is 0. The topological polar surface area (TPSA) is 66.4 Å². The zero-order valence-electron chi connectivity index (χ0n) is 4.29. The molecule has 8 heavy (non-hydrogen) atoms. The second-order valence-electron chi connectivity index (χ2n) is 1.22.